The standard InChI is InChI=1S/C42H68N4O5/c1-9-10-11-12-13-14-18-26-37(33-22-16-15-17-23-33)51-42(50)35-25-21-28-46(35)40(48)32(6)29-36(30(2)3)45(8)41(49)38(31(4)5)43-39(47)34-24-19-20-27-44(34)7/h15-17,22-23,29-31,34-38H,9-14,18-21,24-28H2,1-8H3,(H,43,47)/t34?,35-,36+,37-,38-/m0/s1. The van der Waals surface area contributed by atoms with Crippen molar-refractivity contribution in [1.82, 2.24) is 20.0 Å². The van der Waals surface area contributed by atoms with E-state index in [4.69, 9.17) is 4.74 Å². The third-order valence-electron chi connectivity index (χ3n) is 10.8. The van der Waals surface area contributed by atoms with Crippen LogP contribution in [0.2, 0.25) is 0 Å². The molecule has 1 N–H and O–H groups in total. The highest BCUT2D eigenvalue weighted by Crippen LogP contribution is 2.29. The Morgan fingerprint density at radius 3 is 2.16 bits per heavy atom. The number of carbonyl (C=O) groups excluding carboxylic acids is 4. The Kier molecular flexibility index (Phi) is 17.7. The molecule has 0 aromatic heterocycles. The van der Waals surface area contributed by atoms with E-state index >= 15 is 0 Å². The maximum atomic E-state index is 14.0. The molecule has 51 heavy (non-hydrogen) atoms. The monoisotopic (exact) mass is 709 g/mol. The molecule has 5 atom stereocenters. The molecule has 2 aliphatic rings. The normalized spacial score (nSPS) is 20.3. The van der Waals surface area contributed by atoms with Crippen LogP contribution in [-0.2, 0) is 23.9 Å². The smallest absolute Gasteiger partial charge is 0.329 e. The van der Waals surface area contributed by atoms with Crippen LogP contribution in [0.3, 0.4) is 0 Å². The molecule has 0 bridgehead atoms. The molecule has 1 aromatic carbocycles. The Bertz CT molecular complexity index is 1280. The molecule has 9 heteroatoms. The zero-order valence-corrected chi connectivity index (χ0v) is 33.0. The minimum absolute atomic E-state index is 0.00677. The van der Waals surface area contributed by atoms with Crippen LogP contribution in [-0.4, -0.2) is 89.7 Å². The van der Waals surface area contributed by atoms with Gasteiger partial charge in [0.1, 0.15) is 18.2 Å². The number of hydrogen-bond acceptors (Lipinski definition) is 6. The summed E-state index contributed by atoms with van der Waals surface area (Å²) < 4.78 is 6.20. The first-order chi connectivity index (χ1) is 24.4. The van der Waals surface area contributed by atoms with Gasteiger partial charge in [-0.2, -0.15) is 0 Å². The summed E-state index contributed by atoms with van der Waals surface area (Å²) in [5, 5.41) is 3.06. The lowest BCUT2D eigenvalue weighted by molar-refractivity contribution is -0.158. The number of rotatable bonds is 19. The Morgan fingerprint density at radius 1 is 0.882 bits per heavy atom. The summed E-state index contributed by atoms with van der Waals surface area (Å²) in [4.78, 5) is 60.3. The number of likely N-dealkylation sites (tertiary alicyclic amines) is 2. The number of esters is 1. The van der Waals surface area contributed by atoms with Crippen molar-refractivity contribution >= 4 is 23.7 Å². The number of ether oxygens (including phenoxy) is 1. The molecule has 3 rings (SSSR count). The third kappa shape index (κ3) is 12.5. The van der Waals surface area contributed by atoms with Crippen LogP contribution >= 0.6 is 0 Å². The summed E-state index contributed by atoms with van der Waals surface area (Å²) in [6, 6.07) is 8.00. The molecular weight excluding hydrogens is 640 g/mol. The highest BCUT2D eigenvalue weighted by Gasteiger charge is 2.38. The Balaban J connectivity index is 1.69. The van der Waals surface area contributed by atoms with Gasteiger partial charge in [0.2, 0.25) is 17.7 Å². The number of amides is 3. The van der Waals surface area contributed by atoms with Gasteiger partial charge in [0.25, 0.3) is 0 Å². The maximum Gasteiger partial charge on any atom is 0.329 e. The molecule has 2 aliphatic heterocycles. The van der Waals surface area contributed by atoms with E-state index in [1.165, 1.54) is 32.1 Å². The van der Waals surface area contributed by atoms with Gasteiger partial charge >= 0.3 is 5.97 Å². The first-order valence-electron chi connectivity index (χ1n) is 19.9. The molecule has 3 amide bonds. The number of hydrogen-bond donors (Lipinski definition) is 1. The van der Waals surface area contributed by atoms with E-state index in [0.717, 1.165) is 57.1 Å². The predicted molar refractivity (Wildman–Crippen MR) is 205 cm³/mol. The van der Waals surface area contributed by atoms with Gasteiger partial charge in [0.05, 0.1) is 12.1 Å². The van der Waals surface area contributed by atoms with Gasteiger partial charge in [0.15, 0.2) is 0 Å². The fraction of sp³-hybridized carbons (Fsp3) is 0.714. The number of carbonyl (C=O) groups is 4. The first kappa shape index (κ1) is 42.2. The Hall–Kier alpha value is -3.20. The number of unbranched alkanes of at least 4 members (excludes halogenated alkanes) is 6. The Labute approximate surface area is 308 Å². The highest BCUT2D eigenvalue weighted by atomic mass is 16.5. The molecule has 286 valence electrons. The second-order valence-corrected chi connectivity index (χ2v) is 15.7. The summed E-state index contributed by atoms with van der Waals surface area (Å²) in [5.41, 5.74) is 1.47. The molecular formula is C42H68N4O5. The molecule has 9 nitrogen and oxygen atoms in total. The SMILES string of the molecule is CCCCCCCCC[C@H](OC(=O)[C@@H]1CCCN1C(=O)C(C)=C[C@H](C(C)C)N(C)C(=O)[C@@H](NC(=O)C1CCCCN1C)C(C)C)c1ccccc1. The van der Waals surface area contributed by atoms with Crippen LogP contribution in [0.15, 0.2) is 42.0 Å². The van der Waals surface area contributed by atoms with E-state index in [0.29, 0.717) is 18.5 Å². The van der Waals surface area contributed by atoms with Crippen molar-refractivity contribution in [3.05, 3.63) is 47.5 Å². The first-order valence-corrected chi connectivity index (χ1v) is 19.9. The largest absolute Gasteiger partial charge is 0.456 e. The third-order valence-corrected chi connectivity index (χ3v) is 10.8. The molecule has 0 spiro atoms. The van der Waals surface area contributed by atoms with Crippen molar-refractivity contribution in [3.8, 4) is 0 Å². The van der Waals surface area contributed by atoms with Gasteiger partial charge in [-0.05, 0) is 76.4 Å². The van der Waals surface area contributed by atoms with Crippen LogP contribution in [0, 0.1) is 11.8 Å². The number of benzene rings is 1. The molecule has 1 unspecified atom stereocenters. The van der Waals surface area contributed by atoms with E-state index in [2.05, 4.69) is 17.1 Å². The highest BCUT2D eigenvalue weighted by molar-refractivity contribution is 5.96. The fourth-order valence-corrected chi connectivity index (χ4v) is 7.56. The van der Waals surface area contributed by atoms with Gasteiger partial charge in [-0.15, -0.1) is 0 Å². The van der Waals surface area contributed by atoms with Crippen LogP contribution in [0.5, 0.6) is 0 Å². The summed E-state index contributed by atoms with van der Waals surface area (Å²) in [7, 11) is 3.71. The van der Waals surface area contributed by atoms with Gasteiger partial charge < -0.3 is 19.9 Å². The van der Waals surface area contributed by atoms with Crippen molar-refractivity contribution in [2.75, 3.05) is 27.2 Å². The molecule has 2 saturated heterocycles. The second kappa shape index (κ2) is 21.4. The topological polar surface area (TPSA) is 99.3 Å². The van der Waals surface area contributed by atoms with E-state index < -0.39 is 12.1 Å². The predicted octanol–water partition coefficient (Wildman–Crippen LogP) is 7.46. The summed E-state index contributed by atoms with van der Waals surface area (Å²) >= 11 is 0. The molecule has 0 aliphatic carbocycles. The van der Waals surface area contributed by atoms with Gasteiger partial charge in [-0.25, -0.2) is 4.79 Å². The zero-order valence-electron chi connectivity index (χ0n) is 33.0. The zero-order chi connectivity index (χ0) is 37.5. The summed E-state index contributed by atoms with van der Waals surface area (Å²) in [6.45, 7) is 13.3. The van der Waals surface area contributed by atoms with Crippen LogP contribution < -0.4 is 5.32 Å². The molecule has 1 aromatic rings. The minimum Gasteiger partial charge on any atom is -0.456 e. The maximum absolute atomic E-state index is 14.0. The molecule has 0 saturated carbocycles. The van der Waals surface area contributed by atoms with Crippen molar-refractivity contribution in [2.45, 2.75) is 155 Å². The van der Waals surface area contributed by atoms with Gasteiger partial charge in [0, 0.05) is 19.2 Å². The number of nitrogens with zero attached hydrogens (tertiary/aromatic N) is 3. The van der Waals surface area contributed by atoms with Crippen molar-refractivity contribution in [3.63, 3.8) is 0 Å². The molecule has 2 fully saturated rings. The quantitative estimate of drug-likeness (QED) is 0.0911. The fourth-order valence-electron chi connectivity index (χ4n) is 7.56. The lowest BCUT2D eigenvalue weighted by atomic mass is 9.96. The van der Waals surface area contributed by atoms with Crippen molar-refractivity contribution in [1.29, 1.82) is 0 Å². The van der Waals surface area contributed by atoms with Crippen molar-refractivity contribution in [2.24, 2.45) is 11.8 Å². The van der Waals surface area contributed by atoms with Crippen molar-refractivity contribution < 1.29 is 23.9 Å². The van der Waals surface area contributed by atoms with E-state index in [9.17, 15) is 19.2 Å². The lowest BCUT2D eigenvalue weighted by Gasteiger charge is -2.36. The van der Waals surface area contributed by atoms with E-state index in [1.807, 2.05) is 71.2 Å². The van der Waals surface area contributed by atoms with Crippen LogP contribution in [0.4, 0.5) is 0 Å². The Morgan fingerprint density at radius 2 is 1.53 bits per heavy atom. The molecule has 0 radical (unpaired) electrons. The van der Waals surface area contributed by atoms with Gasteiger partial charge in [-0.1, -0.05) is 116 Å². The van der Waals surface area contributed by atoms with Gasteiger partial charge in [-0.3, -0.25) is 19.3 Å². The minimum atomic E-state index is -0.681. The second-order valence-electron chi connectivity index (χ2n) is 15.7. The van der Waals surface area contributed by atoms with E-state index in [1.54, 1.807) is 23.8 Å². The molecule has 2 heterocycles. The van der Waals surface area contributed by atoms with Crippen LogP contribution in [0.1, 0.15) is 137 Å². The lowest BCUT2D eigenvalue weighted by Crippen LogP contribution is -2.57. The van der Waals surface area contributed by atoms with E-state index in [-0.39, 0.29) is 53.7 Å². The number of piperidine rings is 1. The summed E-state index contributed by atoms with van der Waals surface area (Å²) in [5.74, 6) is -0.950. The number of likely N-dealkylation sites (N-methyl/N-ethyl adjacent to an activating group) is 2. The average Bonchev–Trinajstić information content (AvgIpc) is 3.61. The summed E-state index contributed by atoms with van der Waals surface area (Å²) in [6.07, 6.45) is 14.7. The number of nitrogens with one attached hydrogen (secondary N) is 1. The van der Waals surface area contributed by atoms with Crippen LogP contribution in [0.25, 0.3) is 0 Å². The average molecular weight is 709 g/mol.